The van der Waals surface area contributed by atoms with Crippen LogP contribution in [0.4, 0.5) is 5.69 Å². The Hall–Kier alpha value is -1.86. The molecule has 0 atom stereocenters. The summed E-state index contributed by atoms with van der Waals surface area (Å²) in [5, 5.41) is 14.1. The number of amides is 1. The molecule has 1 aliphatic heterocycles. The predicted octanol–water partition coefficient (Wildman–Crippen LogP) is 1.06. The molecule has 0 spiro atoms. The smallest absolute Gasteiger partial charge is 0.312 e. The normalized spacial score (nSPS) is 14.9. The van der Waals surface area contributed by atoms with Crippen molar-refractivity contribution in [2.45, 2.75) is 0 Å². The SMILES string of the molecule is O=C(COc1c(Cl)cccc1[N+](=O)[O-])N1CCNCC1. The minimum atomic E-state index is -0.587. The minimum Gasteiger partial charge on any atom is -0.476 e. The van der Waals surface area contributed by atoms with Gasteiger partial charge in [-0.3, -0.25) is 14.9 Å². The summed E-state index contributed by atoms with van der Waals surface area (Å²) >= 11 is 5.88. The van der Waals surface area contributed by atoms with Gasteiger partial charge >= 0.3 is 5.69 Å². The van der Waals surface area contributed by atoms with Crippen molar-refractivity contribution in [2.24, 2.45) is 0 Å². The van der Waals surface area contributed by atoms with Gasteiger partial charge in [0.05, 0.1) is 9.95 Å². The van der Waals surface area contributed by atoms with Crippen LogP contribution in [-0.2, 0) is 4.79 Å². The van der Waals surface area contributed by atoms with Crippen LogP contribution in [0.2, 0.25) is 5.02 Å². The maximum Gasteiger partial charge on any atom is 0.312 e. The molecule has 1 N–H and O–H groups in total. The highest BCUT2D eigenvalue weighted by Crippen LogP contribution is 2.34. The number of hydrogen-bond donors (Lipinski definition) is 1. The van der Waals surface area contributed by atoms with Crippen molar-refractivity contribution in [2.75, 3.05) is 32.8 Å². The summed E-state index contributed by atoms with van der Waals surface area (Å²) in [4.78, 5) is 23.9. The van der Waals surface area contributed by atoms with Crippen molar-refractivity contribution in [3.05, 3.63) is 33.3 Å². The van der Waals surface area contributed by atoms with Gasteiger partial charge in [-0.1, -0.05) is 17.7 Å². The maximum atomic E-state index is 11.9. The lowest BCUT2D eigenvalue weighted by Crippen LogP contribution is -2.47. The molecule has 0 aromatic heterocycles. The van der Waals surface area contributed by atoms with Crippen LogP contribution in [-0.4, -0.2) is 48.5 Å². The molecule has 20 heavy (non-hydrogen) atoms. The van der Waals surface area contributed by atoms with Crippen molar-refractivity contribution < 1.29 is 14.5 Å². The van der Waals surface area contributed by atoms with Gasteiger partial charge in [-0.15, -0.1) is 0 Å². The number of nitro benzene ring substituents is 1. The number of benzene rings is 1. The molecular formula is C12H14ClN3O4. The van der Waals surface area contributed by atoms with Crippen molar-refractivity contribution in [1.29, 1.82) is 0 Å². The van der Waals surface area contributed by atoms with E-state index in [0.29, 0.717) is 13.1 Å². The Bertz CT molecular complexity index is 517. The van der Waals surface area contributed by atoms with Crippen LogP contribution in [0.15, 0.2) is 18.2 Å². The Balaban J connectivity index is 2.03. The maximum absolute atomic E-state index is 11.9. The Morgan fingerprint density at radius 1 is 1.45 bits per heavy atom. The first-order chi connectivity index (χ1) is 9.59. The summed E-state index contributed by atoms with van der Waals surface area (Å²) in [5.41, 5.74) is -0.245. The number of nitrogens with zero attached hydrogens (tertiary/aromatic N) is 2. The topological polar surface area (TPSA) is 84.7 Å². The van der Waals surface area contributed by atoms with Crippen LogP contribution in [0.5, 0.6) is 5.75 Å². The van der Waals surface area contributed by atoms with Gasteiger partial charge in [-0.25, -0.2) is 0 Å². The van der Waals surface area contributed by atoms with Crippen molar-refractivity contribution >= 4 is 23.2 Å². The predicted molar refractivity (Wildman–Crippen MR) is 73.1 cm³/mol. The second kappa shape index (κ2) is 6.53. The van der Waals surface area contributed by atoms with Crippen molar-refractivity contribution in [3.63, 3.8) is 0 Å². The number of piperazine rings is 1. The summed E-state index contributed by atoms with van der Waals surface area (Å²) in [6, 6.07) is 4.24. The number of carbonyl (C=O) groups excluding carboxylic acids is 1. The lowest BCUT2D eigenvalue weighted by atomic mass is 10.3. The van der Waals surface area contributed by atoms with Gasteiger partial charge < -0.3 is 15.0 Å². The van der Waals surface area contributed by atoms with E-state index < -0.39 is 4.92 Å². The van der Waals surface area contributed by atoms with E-state index in [1.807, 2.05) is 0 Å². The highest BCUT2D eigenvalue weighted by atomic mass is 35.5. The van der Waals surface area contributed by atoms with E-state index in [4.69, 9.17) is 16.3 Å². The quantitative estimate of drug-likeness (QED) is 0.664. The van der Waals surface area contributed by atoms with Crippen molar-refractivity contribution in [3.8, 4) is 5.75 Å². The molecule has 0 unspecified atom stereocenters. The zero-order valence-electron chi connectivity index (χ0n) is 10.7. The number of carbonyl (C=O) groups is 1. The molecule has 1 aromatic carbocycles. The van der Waals surface area contributed by atoms with Crippen LogP contribution in [0, 0.1) is 10.1 Å². The molecule has 2 rings (SSSR count). The second-order valence-electron chi connectivity index (χ2n) is 4.26. The average molecular weight is 300 g/mol. The van der Waals surface area contributed by atoms with Crippen LogP contribution >= 0.6 is 11.6 Å². The first kappa shape index (κ1) is 14.5. The van der Waals surface area contributed by atoms with Crippen LogP contribution in [0.3, 0.4) is 0 Å². The van der Waals surface area contributed by atoms with E-state index in [1.165, 1.54) is 18.2 Å². The fourth-order valence-electron chi connectivity index (χ4n) is 1.92. The number of para-hydroxylation sites is 1. The molecular weight excluding hydrogens is 286 g/mol. The van der Waals surface area contributed by atoms with E-state index in [-0.39, 0.29) is 29.0 Å². The molecule has 108 valence electrons. The molecule has 1 amide bonds. The average Bonchev–Trinajstić information content (AvgIpc) is 2.46. The van der Waals surface area contributed by atoms with Gasteiger partial charge in [0.1, 0.15) is 0 Å². The van der Waals surface area contributed by atoms with Crippen LogP contribution < -0.4 is 10.1 Å². The Morgan fingerprint density at radius 3 is 2.80 bits per heavy atom. The standard InChI is InChI=1S/C12H14ClN3O4/c13-9-2-1-3-10(16(18)19)12(9)20-8-11(17)15-6-4-14-5-7-15/h1-3,14H,4-8H2. The Labute approximate surface area is 120 Å². The summed E-state index contributed by atoms with van der Waals surface area (Å²) in [7, 11) is 0. The van der Waals surface area contributed by atoms with Gasteiger partial charge in [0.15, 0.2) is 6.61 Å². The Morgan fingerprint density at radius 2 is 2.15 bits per heavy atom. The molecule has 1 fully saturated rings. The van der Waals surface area contributed by atoms with Gasteiger partial charge in [0.25, 0.3) is 5.91 Å². The van der Waals surface area contributed by atoms with Gasteiger partial charge in [0.2, 0.25) is 5.75 Å². The first-order valence-corrected chi connectivity index (χ1v) is 6.51. The molecule has 1 saturated heterocycles. The van der Waals surface area contributed by atoms with Crippen LogP contribution in [0.25, 0.3) is 0 Å². The molecule has 0 bridgehead atoms. The minimum absolute atomic E-state index is 0.0670. The lowest BCUT2D eigenvalue weighted by Gasteiger charge is -2.27. The highest BCUT2D eigenvalue weighted by Gasteiger charge is 2.21. The van der Waals surface area contributed by atoms with E-state index in [0.717, 1.165) is 13.1 Å². The van der Waals surface area contributed by atoms with E-state index >= 15 is 0 Å². The summed E-state index contributed by atoms with van der Waals surface area (Å²) < 4.78 is 5.26. The van der Waals surface area contributed by atoms with Crippen molar-refractivity contribution in [1.82, 2.24) is 10.2 Å². The van der Waals surface area contributed by atoms with Gasteiger partial charge in [-0.05, 0) is 6.07 Å². The highest BCUT2D eigenvalue weighted by molar-refractivity contribution is 6.32. The molecule has 1 aliphatic rings. The van der Waals surface area contributed by atoms with E-state index in [9.17, 15) is 14.9 Å². The fourth-order valence-corrected chi connectivity index (χ4v) is 2.15. The van der Waals surface area contributed by atoms with Crippen LogP contribution in [0.1, 0.15) is 0 Å². The summed E-state index contributed by atoms with van der Waals surface area (Å²) in [6.45, 7) is 2.42. The number of rotatable bonds is 4. The largest absolute Gasteiger partial charge is 0.476 e. The summed E-state index contributed by atoms with van der Waals surface area (Å²) in [6.07, 6.45) is 0. The lowest BCUT2D eigenvalue weighted by molar-refractivity contribution is -0.385. The monoisotopic (exact) mass is 299 g/mol. The zero-order chi connectivity index (χ0) is 14.5. The molecule has 0 saturated carbocycles. The third-order valence-corrected chi connectivity index (χ3v) is 3.25. The second-order valence-corrected chi connectivity index (χ2v) is 4.67. The first-order valence-electron chi connectivity index (χ1n) is 6.14. The number of nitro groups is 1. The molecule has 1 heterocycles. The number of nitrogens with one attached hydrogen (secondary N) is 1. The summed E-state index contributed by atoms with van der Waals surface area (Å²) in [5.74, 6) is -0.275. The molecule has 7 nitrogen and oxygen atoms in total. The van der Waals surface area contributed by atoms with E-state index in [2.05, 4.69) is 5.32 Å². The molecule has 0 radical (unpaired) electrons. The number of halogens is 1. The van der Waals surface area contributed by atoms with Gasteiger partial charge in [0, 0.05) is 32.2 Å². The zero-order valence-corrected chi connectivity index (χ0v) is 11.4. The molecule has 1 aromatic rings. The van der Waals surface area contributed by atoms with E-state index in [1.54, 1.807) is 4.90 Å². The van der Waals surface area contributed by atoms with Gasteiger partial charge in [-0.2, -0.15) is 0 Å². The fraction of sp³-hybridized carbons (Fsp3) is 0.417. The molecule has 8 heteroatoms. The third-order valence-electron chi connectivity index (χ3n) is 2.95. The number of ether oxygens (including phenoxy) is 1. The Kier molecular flexibility index (Phi) is 4.75. The number of hydrogen-bond acceptors (Lipinski definition) is 5. The molecule has 0 aliphatic carbocycles. The third kappa shape index (κ3) is 3.37.